The predicted molar refractivity (Wildman–Crippen MR) is 93.5 cm³/mol. The first kappa shape index (κ1) is 16.9. The van der Waals surface area contributed by atoms with Gasteiger partial charge in [0, 0.05) is 32.4 Å². The molecular formula is C18H24N4O. The Hall–Kier alpha value is -2.43. The molecule has 122 valence electrons. The van der Waals surface area contributed by atoms with Gasteiger partial charge in [-0.05, 0) is 42.2 Å². The second-order valence-corrected chi connectivity index (χ2v) is 6.07. The molecule has 2 rings (SSSR count). The molecule has 0 aliphatic carbocycles. The number of amides is 1. The van der Waals surface area contributed by atoms with Gasteiger partial charge in [-0.15, -0.1) is 0 Å². The third-order valence-electron chi connectivity index (χ3n) is 3.54. The van der Waals surface area contributed by atoms with Crippen LogP contribution in [0.2, 0.25) is 0 Å². The van der Waals surface area contributed by atoms with Crippen molar-refractivity contribution in [1.29, 1.82) is 0 Å². The van der Waals surface area contributed by atoms with Gasteiger partial charge in [0.2, 0.25) is 5.91 Å². The zero-order valence-corrected chi connectivity index (χ0v) is 14.0. The van der Waals surface area contributed by atoms with E-state index < -0.39 is 0 Å². The van der Waals surface area contributed by atoms with Crippen molar-refractivity contribution in [2.45, 2.75) is 26.7 Å². The molecule has 0 atom stereocenters. The molecule has 2 aromatic rings. The first-order chi connectivity index (χ1) is 11.0. The summed E-state index contributed by atoms with van der Waals surface area (Å²) in [6.45, 7) is 4.94. The molecule has 5 nitrogen and oxygen atoms in total. The monoisotopic (exact) mass is 312 g/mol. The van der Waals surface area contributed by atoms with E-state index in [4.69, 9.17) is 0 Å². The molecular weight excluding hydrogens is 288 g/mol. The summed E-state index contributed by atoms with van der Waals surface area (Å²) >= 11 is 0. The Morgan fingerprint density at radius 1 is 1.22 bits per heavy atom. The van der Waals surface area contributed by atoms with Crippen LogP contribution in [0.3, 0.4) is 0 Å². The molecule has 1 N–H and O–H groups in total. The number of hydrogen-bond donors (Lipinski definition) is 1. The average Bonchev–Trinajstić information content (AvgIpc) is 2.53. The zero-order valence-electron chi connectivity index (χ0n) is 14.0. The second-order valence-electron chi connectivity index (χ2n) is 6.07. The van der Waals surface area contributed by atoms with Crippen LogP contribution in [0.1, 0.15) is 25.8 Å². The Bertz CT molecular complexity index is 611. The van der Waals surface area contributed by atoms with Crippen molar-refractivity contribution in [1.82, 2.24) is 9.97 Å². The van der Waals surface area contributed by atoms with E-state index in [2.05, 4.69) is 20.2 Å². The van der Waals surface area contributed by atoms with Crippen LogP contribution in [0.25, 0.3) is 0 Å². The molecule has 2 heterocycles. The minimum absolute atomic E-state index is 0.00583. The number of nitrogens with one attached hydrogen (secondary N) is 1. The number of nitrogens with zero attached hydrogens (tertiary/aromatic N) is 3. The molecule has 0 aliphatic rings. The maximum atomic E-state index is 11.7. The second kappa shape index (κ2) is 8.27. The standard InChI is InChI=1S/C18H24N4O/c1-14(2)12-18(23)21-17-5-4-16(13-20-17)22(3)11-8-15-6-9-19-10-7-15/h4-7,9-10,13-14H,8,11-12H2,1-3H3,(H,20,21,23). The molecule has 0 fully saturated rings. The molecule has 0 radical (unpaired) electrons. The highest BCUT2D eigenvalue weighted by Gasteiger charge is 2.07. The number of anilines is 2. The van der Waals surface area contributed by atoms with E-state index in [1.807, 2.05) is 57.6 Å². The summed E-state index contributed by atoms with van der Waals surface area (Å²) in [6.07, 6.45) is 6.87. The van der Waals surface area contributed by atoms with Gasteiger partial charge in [0.15, 0.2) is 0 Å². The number of hydrogen-bond acceptors (Lipinski definition) is 4. The summed E-state index contributed by atoms with van der Waals surface area (Å²) in [5.41, 5.74) is 2.29. The molecule has 2 aromatic heterocycles. The van der Waals surface area contributed by atoms with Gasteiger partial charge in [-0.3, -0.25) is 9.78 Å². The van der Waals surface area contributed by atoms with Gasteiger partial charge in [0.05, 0.1) is 11.9 Å². The Kier molecular flexibility index (Phi) is 6.09. The predicted octanol–water partition coefficient (Wildman–Crippen LogP) is 3.14. The topological polar surface area (TPSA) is 58.1 Å². The third kappa shape index (κ3) is 5.70. The van der Waals surface area contributed by atoms with Crippen LogP contribution in [0, 0.1) is 5.92 Å². The molecule has 1 amide bonds. The molecule has 0 bridgehead atoms. The Morgan fingerprint density at radius 2 is 1.96 bits per heavy atom. The zero-order chi connectivity index (χ0) is 16.7. The molecule has 0 aromatic carbocycles. The van der Waals surface area contributed by atoms with E-state index in [1.165, 1.54) is 5.56 Å². The maximum Gasteiger partial charge on any atom is 0.225 e. The molecule has 0 spiro atoms. The minimum Gasteiger partial charge on any atom is -0.373 e. The lowest BCUT2D eigenvalue weighted by Gasteiger charge is -2.19. The van der Waals surface area contributed by atoms with E-state index in [1.54, 1.807) is 6.20 Å². The van der Waals surface area contributed by atoms with Gasteiger partial charge in [-0.1, -0.05) is 13.8 Å². The van der Waals surface area contributed by atoms with Gasteiger partial charge in [0.25, 0.3) is 0 Å². The van der Waals surface area contributed by atoms with Crippen molar-refractivity contribution in [2.24, 2.45) is 5.92 Å². The highest BCUT2D eigenvalue weighted by molar-refractivity contribution is 5.89. The fourth-order valence-electron chi connectivity index (χ4n) is 2.23. The molecule has 0 saturated heterocycles. The lowest BCUT2D eigenvalue weighted by atomic mass is 10.1. The lowest BCUT2D eigenvalue weighted by Crippen LogP contribution is -2.20. The largest absolute Gasteiger partial charge is 0.373 e. The van der Waals surface area contributed by atoms with Crippen molar-refractivity contribution in [2.75, 3.05) is 23.8 Å². The molecule has 23 heavy (non-hydrogen) atoms. The maximum absolute atomic E-state index is 11.7. The number of pyridine rings is 2. The number of likely N-dealkylation sites (N-methyl/N-ethyl adjacent to an activating group) is 1. The summed E-state index contributed by atoms with van der Waals surface area (Å²) in [5.74, 6) is 0.946. The number of carbonyl (C=O) groups excluding carboxylic acids is 1. The minimum atomic E-state index is 0.00583. The molecule has 0 saturated carbocycles. The van der Waals surface area contributed by atoms with Crippen LogP contribution in [-0.4, -0.2) is 29.5 Å². The van der Waals surface area contributed by atoms with Gasteiger partial charge >= 0.3 is 0 Å². The van der Waals surface area contributed by atoms with Crippen LogP contribution in [-0.2, 0) is 11.2 Å². The smallest absolute Gasteiger partial charge is 0.225 e. The van der Waals surface area contributed by atoms with E-state index in [0.717, 1.165) is 18.7 Å². The van der Waals surface area contributed by atoms with Gasteiger partial charge in [-0.25, -0.2) is 4.98 Å². The lowest BCUT2D eigenvalue weighted by molar-refractivity contribution is -0.116. The van der Waals surface area contributed by atoms with Gasteiger partial charge in [0.1, 0.15) is 5.82 Å². The normalized spacial score (nSPS) is 10.6. The summed E-state index contributed by atoms with van der Waals surface area (Å²) < 4.78 is 0. The van der Waals surface area contributed by atoms with Crippen LogP contribution in [0.5, 0.6) is 0 Å². The van der Waals surface area contributed by atoms with Crippen molar-refractivity contribution in [3.63, 3.8) is 0 Å². The van der Waals surface area contributed by atoms with Crippen molar-refractivity contribution in [3.8, 4) is 0 Å². The first-order valence-corrected chi connectivity index (χ1v) is 7.90. The van der Waals surface area contributed by atoms with Gasteiger partial charge in [-0.2, -0.15) is 0 Å². The quantitative estimate of drug-likeness (QED) is 0.853. The Morgan fingerprint density at radius 3 is 2.57 bits per heavy atom. The highest BCUT2D eigenvalue weighted by Crippen LogP contribution is 2.15. The van der Waals surface area contributed by atoms with Crippen molar-refractivity contribution >= 4 is 17.4 Å². The first-order valence-electron chi connectivity index (χ1n) is 7.90. The van der Waals surface area contributed by atoms with E-state index in [0.29, 0.717) is 18.2 Å². The van der Waals surface area contributed by atoms with Crippen molar-refractivity contribution in [3.05, 3.63) is 48.4 Å². The summed E-state index contributed by atoms with van der Waals surface area (Å²) in [6, 6.07) is 7.87. The molecule has 0 unspecified atom stereocenters. The fraction of sp³-hybridized carbons (Fsp3) is 0.389. The molecule has 0 aliphatic heterocycles. The summed E-state index contributed by atoms with van der Waals surface area (Å²) in [7, 11) is 2.04. The van der Waals surface area contributed by atoms with E-state index in [-0.39, 0.29) is 5.91 Å². The summed E-state index contributed by atoms with van der Waals surface area (Å²) in [5, 5.41) is 2.82. The summed E-state index contributed by atoms with van der Waals surface area (Å²) in [4.78, 5) is 22.2. The molecule has 5 heteroatoms. The van der Waals surface area contributed by atoms with Gasteiger partial charge < -0.3 is 10.2 Å². The Labute approximate surface area is 137 Å². The third-order valence-corrected chi connectivity index (χ3v) is 3.54. The van der Waals surface area contributed by atoms with Crippen LogP contribution in [0.15, 0.2) is 42.9 Å². The van der Waals surface area contributed by atoms with Crippen LogP contribution < -0.4 is 10.2 Å². The average molecular weight is 312 g/mol. The van der Waals surface area contributed by atoms with Crippen LogP contribution in [0.4, 0.5) is 11.5 Å². The van der Waals surface area contributed by atoms with E-state index in [9.17, 15) is 4.79 Å². The van der Waals surface area contributed by atoms with Crippen molar-refractivity contribution < 1.29 is 4.79 Å². The Balaban J connectivity index is 1.87. The number of rotatable bonds is 7. The van der Waals surface area contributed by atoms with Crippen LogP contribution >= 0.6 is 0 Å². The van der Waals surface area contributed by atoms with E-state index >= 15 is 0 Å². The number of carbonyl (C=O) groups is 1. The SMILES string of the molecule is CC(C)CC(=O)Nc1ccc(N(C)CCc2ccncc2)cn1. The fourth-order valence-corrected chi connectivity index (χ4v) is 2.23. The highest BCUT2D eigenvalue weighted by atomic mass is 16.1. The number of aromatic nitrogens is 2.